The van der Waals surface area contributed by atoms with Gasteiger partial charge in [0, 0.05) is 6.07 Å². The maximum atomic E-state index is 13.6. The lowest BCUT2D eigenvalue weighted by Crippen LogP contribution is -2.47. The van der Waals surface area contributed by atoms with Crippen LogP contribution in [0.4, 0.5) is 4.39 Å². The summed E-state index contributed by atoms with van der Waals surface area (Å²) >= 11 is 0. The highest BCUT2D eigenvalue weighted by molar-refractivity contribution is 7.89. The number of carbonyl (C=O) groups excluding carboxylic acids is 1. The van der Waals surface area contributed by atoms with Crippen LogP contribution in [0.3, 0.4) is 0 Å². The molecule has 0 spiro atoms. The number of carbonyl (C=O) groups is 1. The Morgan fingerprint density at radius 2 is 1.78 bits per heavy atom. The second-order valence-electron chi connectivity index (χ2n) is 5.30. The van der Waals surface area contributed by atoms with E-state index < -0.39 is 27.9 Å². The average molecular weight is 398 g/mol. The van der Waals surface area contributed by atoms with E-state index in [0.29, 0.717) is 5.75 Å². The second-order valence-corrected chi connectivity index (χ2v) is 6.95. The van der Waals surface area contributed by atoms with Crippen LogP contribution < -0.4 is 24.5 Å². The molecule has 0 aromatic heterocycles. The summed E-state index contributed by atoms with van der Waals surface area (Å²) in [5, 5.41) is 0. The van der Waals surface area contributed by atoms with Gasteiger partial charge in [-0.2, -0.15) is 0 Å². The predicted octanol–water partition coefficient (Wildman–Crippen LogP) is 1.62. The van der Waals surface area contributed by atoms with E-state index in [2.05, 4.69) is 0 Å². The molecule has 10 heteroatoms. The van der Waals surface area contributed by atoms with Gasteiger partial charge < -0.3 is 14.2 Å². The van der Waals surface area contributed by atoms with Crippen LogP contribution in [0.15, 0.2) is 47.4 Å². The Bertz CT molecular complexity index is 919. The molecule has 0 unspecified atom stereocenters. The Kier molecular flexibility index (Phi) is 6.59. The molecule has 2 rings (SSSR count). The van der Waals surface area contributed by atoms with Crippen LogP contribution in [0.1, 0.15) is 6.92 Å². The van der Waals surface area contributed by atoms with Crippen molar-refractivity contribution in [3.63, 3.8) is 0 Å². The minimum Gasteiger partial charge on any atom is -0.497 e. The number of sulfonamides is 1. The van der Waals surface area contributed by atoms with Crippen molar-refractivity contribution in [3.05, 3.63) is 48.3 Å². The number of rotatable bonds is 8. The lowest BCUT2D eigenvalue weighted by Gasteiger charge is -2.16. The van der Waals surface area contributed by atoms with Gasteiger partial charge in [0.25, 0.3) is 15.9 Å². The topological polar surface area (TPSA) is 103 Å². The minimum atomic E-state index is -4.16. The number of ether oxygens (including phenoxy) is 3. The second kappa shape index (κ2) is 8.69. The van der Waals surface area contributed by atoms with E-state index in [9.17, 15) is 17.6 Å². The van der Waals surface area contributed by atoms with Gasteiger partial charge in [0.2, 0.25) is 0 Å². The molecule has 1 amide bonds. The van der Waals surface area contributed by atoms with Crippen LogP contribution in [-0.2, 0) is 14.8 Å². The molecule has 2 aromatic carbocycles. The quantitative estimate of drug-likeness (QED) is 0.655. The third-order valence-corrected chi connectivity index (χ3v) is 4.75. The van der Waals surface area contributed by atoms with E-state index in [0.717, 1.165) is 0 Å². The molecule has 1 atom stereocenters. The molecule has 8 nitrogen and oxygen atoms in total. The fraction of sp³-hybridized carbons (Fsp3) is 0.235. The molecular weight excluding hydrogens is 379 g/mol. The summed E-state index contributed by atoms with van der Waals surface area (Å²) in [6.45, 7) is 1.35. The summed E-state index contributed by atoms with van der Waals surface area (Å²) in [4.78, 5) is 13.8. The summed E-state index contributed by atoms with van der Waals surface area (Å²) < 4.78 is 53.7. The Morgan fingerprint density at radius 3 is 2.41 bits per heavy atom. The van der Waals surface area contributed by atoms with Crippen LogP contribution in [0.25, 0.3) is 0 Å². The predicted molar refractivity (Wildman–Crippen MR) is 94.5 cm³/mol. The normalized spacial score (nSPS) is 12.1. The standard InChI is InChI=1S/C17H19FN2O6S/c1-11(26-14-7-5-4-6-13(14)18)17(21)19-20-27(22,23)16-10-12(24-2)8-9-15(16)25-3/h4-11,20H,1-3H3,(H,19,21)/t11-/m0/s1. The van der Waals surface area contributed by atoms with Crippen molar-refractivity contribution < 1.29 is 31.8 Å². The summed E-state index contributed by atoms with van der Waals surface area (Å²) in [5.74, 6) is -1.23. The summed E-state index contributed by atoms with van der Waals surface area (Å²) in [5.41, 5.74) is 2.03. The first kappa shape index (κ1) is 20.5. The number of hydrogen-bond acceptors (Lipinski definition) is 6. The molecule has 27 heavy (non-hydrogen) atoms. The van der Waals surface area contributed by atoms with Gasteiger partial charge in [-0.15, -0.1) is 4.83 Å². The highest BCUT2D eigenvalue weighted by Crippen LogP contribution is 2.27. The van der Waals surface area contributed by atoms with Crippen LogP contribution in [0.2, 0.25) is 0 Å². The largest absolute Gasteiger partial charge is 0.497 e. The van der Waals surface area contributed by atoms with E-state index >= 15 is 0 Å². The van der Waals surface area contributed by atoms with Crippen LogP contribution >= 0.6 is 0 Å². The van der Waals surface area contributed by atoms with Crippen molar-refractivity contribution in [2.75, 3.05) is 14.2 Å². The first-order valence-electron chi connectivity index (χ1n) is 7.73. The molecule has 0 radical (unpaired) electrons. The molecule has 2 N–H and O–H groups in total. The fourth-order valence-electron chi connectivity index (χ4n) is 2.05. The zero-order chi connectivity index (χ0) is 20.0. The van der Waals surface area contributed by atoms with Gasteiger partial charge in [-0.1, -0.05) is 12.1 Å². The Hall–Kier alpha value is -2.85. The molecule has 0 aliphatic heterocycles. The van der Waals surface area contributed by atoms with Crippen LogP contribution in [-0.4, -0.2) is 34.6 Å². The van der Waals surface area contributed by atoms with E-state index in [1.54, 1.807) is 6.07 Å². The summed E-state index contributed by atoms with van der Waals surface area (Å²) in [6, 6.07) is 9.73. The number of methoxy groups -OCH3 is 2. The molecule has 0 saturated carbocycles. The maximum Gasteiger partial charge on any atom is 0.275 e. The minimum absolute atomic E-state index is 0.0632. The van der Waals surface area contributed by atoms with Crippen molar-refractivity contribution in [1.29, 1.82) is 0 Å². The van der Waals surface area contributed by atoms with Crippen molar-refractivity contribution in [2.45, 2.75) is 17.9 Å². The van der Waals surface area contributed by atoms with E-state index in [4.69, 9.17) is 14.2 Å². The zero-order valence-electron chi connectivity index (χ0n) is 14.9. The maximum absolute atomic E-state index is 13.6. The molecule has 146 valence electrons. The Labute approximate surface area is 156 Å². The smallest absolute Gasteiger partial charge is 0.275 e. The van der Waals surface area contributed by atoms with Crippen LogP contribution in [0.5, 0.6) is 17.2 Å². The van der Waals surface area contributed by atoms with Crippen molar-refractivity contribution in [2.24, 2.45) is 0 Å². The zero-order valence-corrected chi connectivity index (χ0v) is 15.7. The molecule has 0 fully saturated rings. The van der Waals surface area contributed by atoms with E-state index in [-0.39, 0.29) is 16.4 Å². The Balaban J connectivity index is 2.08. The number of hydrogen-bond donors (Lipinski definition) is 2. The number of halogens is 1. The third-order valence-electron chi connectivity index (χ3n) is 3.48. The van der Waals surface area contributed by atoms with Gasteiger partial charge in [-0.25, -0.2) is 12.8 Å². The van der Waals surface area contributed by atoms with Gasteiger partial charge in [0.1, 0.15) is 16.4 Å². The number of benzene rings is 2. The molecular formula is C17H19FN2O6S. The Morgan fingerprint density at radius 1 is 1.07 bits per heavy atom. The van der Waals surface area contributed by atoms with E-state index in [1.807, 2.05) is 10.3 Å². The van der Waals surface area contributed by atoms with Gasteiger partial charge in [0.05, 0.1) is 14.2 Å². The van der Waals surface area contributed by atoms with Crippen molar-refractivity contribution in [1.82, 2.24) is 10.3 Å². The van der Waals surface area contributed by atoms with Crippen molar-refractivity contribution in [3.8, 4) is 17.2 Å². The highest BCUT2D eigenvalue weighted by Gasteiger charge is 2.23. The van der Waals surface area contributed by atoms with Gasteiger partial charge >= 0.3 is 0 Å². The number of amides is 1. The van der Waals surface area contributed by atoms with Crippen LogP contribution in [0, 0.1) is 5.82 Å². The molecule has 0 heterocycles. The monoisotopic (exact) mass is 398 g/mol. The van der Waals surface area contributed by atoms with Gasteiger partial charge in [-0.3, -0.25) is 10.2 Å². The SMILES string of the molecule is COc1ccc(OC)c(S(=O)(=O)NNC(=O)[C@H](C)Oc2ccccc2F)c1. The van der Waals surface area contributed by atoms with Gasteiger partial charge in [0.15, 0.2) is 17.7 Å². The number of hydrazine groups is 1. The van der Waals surface area contributed by atoms with Crippen molar-refractivity contribution >= 4 is 15.9 Å². The molecule has 0 saturated heterocycles. The molecule has 0 bridgehead atoms. The number of nitrogens with one attached hydrogen (secondary N) is 2. The third kappa shape index (κ3) is 5.08. The first-order valence-corrected chi connectivity index (χ1v) is 9.21. The van der Waals surface area contributed by atoms with Gasteiger partial charge in [-0.05, 0) is 31.2 Å². The lowest BCUT2D eigenvalue weighted by molar-refractivity contribution is -0.127. The summed E-state index contributed by atoms with van der Waals surface area (Å²) in [7, 11) is -1.47. The molecule has 0 aliphatic rings. The highest BCUT2D eigenvalue weighted by atomic mass is 32.2. The van der Waals surface area contributed by atoms with E-state index in [1.165, 1.54) is 57.5 Å². The first-order chi connectivity index (χ1) is 12.8. The molecule has 0 aliphatic carbocycles. The average Bonchev–Trinajstić information content (AvgIpc) is 2.67. The lowest BCUT2D eigenvalue weighted by atomic mass is 10.3. The number of para-hydroxylation sites is 1. The molecule has 2 aromatic rings. The summed E-state index contributed by atoms with van der Waals surface area (Å²) in [6.07, 6.45) is -1.16. The fourth-order valence-corrected chi connectivity index (χ4v) is 3.08.